The number of rotatable bonds is 3. The third kappa shape index (κ3) is 2.66. The van der Waals surface area contributed by atoms with Gasteiger partial charge in [0.2, 0.25) is 0 Å². The fourth-order valence-corrected chi connectivity index (χ4v) is 1.43. The zero-order chi connectivity index (χ0) is 11.5. The summed E-state index contributed by atoms with van der Waals surface area (Å²) < 4.78 is 12.8. The average Bonchev–Trinajstić information content (AvgIpc) is 3.09. The summed E-state index contributed by atoms with van der Waals surface area (Å²) in [6.07, 6.45) is 2.29. The van der Waals surface area contributed by atoms with Crippen LogP contribution in [0.5, 0.6) is 0 Å². The average molecular weight is 220 g/mol. The summed E-state index contributed by atoms with van der Waals surface area (Å²) in [6.45, 7) is 1.89. The van der Waals surface area contributed by atoms with Crippen molar-refractivity contribution < 1.29 is 9.18 Å². The van der Waals surface area contributed by atoms with E-state index in [1.165, 1.54) is 18.2 Å². The highest BCUT2D eigenvalue weighted by Gasteiger charge is 2.24. The summed E-state index contributed by atoms with van der Waals surface area (Å²) in [4.78, 5) is 11.6. The second kappa shape index (κ2) is 4.43. The second-order valence-electron chi connectivity index (χ2n) is 3.98. The van der Waals surface area contributed by atoms with Crippen molar-refractivity contribution in [2.75, 3.05) is 0 Å². The number of halogens is 1. The normalized spacial score (nSPS) is 16.0. The maximum absolute atomic E-state index is 12.8. The topological polar surface area (TPSA) is 41.5 Å². The van der Waals surface area contributed by atoms with E-state index in [2.05, 4.69) is 10.5 Å². The minimum atomic E-state index is -0.421. The van der Waals surface area contributed by atoms with Gasteiger partial charge in [0.05, 0.1) is 0 Å². The molecule has 4 heteroatoms. The van der Waals surface area contributed by atoms with Crippen LogP contribution < -0.4 is 5.43 Å². The largest absolute Gasteiger partial charge is 0.271 e. The standard InChI is InChI=1S/C12H13FN2O/c1-8(9-5-6-9)14-15-12(16)10-3-2-4-11(13)7-10/h2-4,7,9H,5-6H2,1H3,(H,15,16). The number of hydrogen-bond acceptors (Lipinski definition) is 2. The number of carbonyl (C=O) groups excluding carboxylic acids is 1. The van der Waals surface area contributed by atoms with E-state index in [1.54, 1.807) is 6.07 Å². The lowest BCUT2D eigenvalue weighted by Gasteiger charge is -2.01. The number of amides is 1. The Balaban J connectivity index is 2.00. The summed E-state index contributed by atoms with van der Waals surface area (Å²) in [5.41, 5.74) is 3.65. The maximum atomic E-state index is 12.8. The SMILES string of the molecule is CC(=NNC(=O)c1cccc(F)c1)C1CC1. The van der Waals surface area contributed by atoms with Crippen LogP contribution in [-0.4, -0.2) is 11.6 Å². The zero-order valence-corrected chi connectivity index (χ0v) is 9.03. The first kappa shape index (κ1) is 10.8. The number of nitrogens with one attached hydrogen (secondary N) is 1. The fraction of sp³-hybridized carbons (Fsp3) is 0.333. The first-order valence-electron chi connectivity index (χ1n) is 5.27. The van der Waals surface area contributed by atoms with Crippen LogP contribution in [0.15, 0.2) is 29.4 Å². The van der Waals surface area contributed by atoms with E-state index < -0.39 is 5.82 Å². The molecule has 84 valence electrons. The van der Waals surface area contributed by atoms with Gasteiger partial charge in [0.25, 0.3) is 5.91 Å². The molecule has 1 aromatic rings. The number of benzene rings is 1. The van der Waals surface area contributed by atoms with Crippen molar-refractivity contribution in [2.24, 2.45) is 11.0 Å². The Morgan fingerprint density at radius 1 is 1.50 bits per heavy atom. The first-order chi connectivity index (χ1) is 7.66. The molecule has 0 bridgehead atoms. The van der Waals surface area contributed by atoms with E-state index in [0.717, 1.165) is 18.6 Å². The van der Waals surface area contributed by atoms with Crippen LogP contribution in [0.4, 0.5) is 4.39 Å². The summed E-state index contributed by atoms with van der Waals surface area (Å²) in [7, 11) is 0. The Morgan fingerprint density at radius 3 is 2.88 bits per heavy atom. The van der Waals surface area contributed by atoms with Crippen LogP contribution in [0.2, 0.25) is 0 Å². The van der Waals surface area contributed by atoms with Crippen molar-refractivity contribution in [1.82, 2.24) is 5.43 Å². The molecule has 0 spiro atoms. The molecular weight excluding hydrogens is 207 g/mol. The number of nitrogens with zero attached hydrogens (tertiary/aromatic N) is 1. The monoisotopic (exact) mass is 220 g/mol. The Bertz CT molecular complexity index is 438. The minimum absolute atomic E-state index is 0.285. The molecule has 1 fully saturated rings. The van der Waals surface area contributed by atoms with Crippen molar-refractivity contribution >= 4 is 11.6 Å². The number of hydrazone groups is 1. The Labute approximate surface area is 93.4 Å². The van der Waals surface area contributed by atoms with Crippen LogP contribution in [0, 0.1) is 11.7 Å². The van der Waals surface area contributed by atoms with Crippen molar-refractivity contribution in [3.8, 4) is 0 Å². The predicted molar refractivity (Wildman–Crippen MR) is 59.7 cm³/mol. The molecule has 2 rings (SSSR count). The lowest BCUT2D eigenvalue weighted by molar-refractivity contribution is 0.0954. The van der Waals surface area contributed by atoms with Gasteiger partial charge in [0, 0.05) is 11.3 Å². The molecular formula is C12H13FN2O. The highest BCUT2D eigenvalue weighted by atomic mass is 19.1. The summed E-state index contributed by atoms with van der Waals surface area (Å²) in [5, 5.41) is 3.99. The molecule has 1 aromatic carbocycles. The van der Waals surface area contributed by atoms with Crippen LogP contribution in [0.3, 0.4) is 0 Å². The van der Waals surface area contributed by atoms with Crippen molar-refractivity contribution in [1.29, 1.82) is 0 Å². The smallest absolute Gasteiger partial charge is 0.267 e. The van der Waals surface area contributed by atoms with E-state index >= 15 is 0 Å². The molecule has 0 heterocycles. The maximum Gasteiger partial charge on any atom is 0.271 e. The molecule has 1 aliphatic carbocycles. The Hall–Kier alpha value is -1.71. The quantitative estimate of drug-likeness (QED) is 0.616. The van der Waals surface area contributed by atoms with Crippen LogP contribution in [0.25, 0.3) is 0 Å². The van der Waals surface area contributed by atoms with Gasteiger partial charge in [-0.25, -0.2) is 9.82 Å². The molecule has 0 aliphatic heterocycles. The van der Waals surface area contributed by atoms with Gasteiger partial charge < -0.3 is 0 Å². The summed E-state index contributed by atoms with van der Waals surface area (Å²) in [6, 6.07) is 5.55. The van der Waals surface area contributed by atoms with Crippen molar-refractivity contribution in [3.63, 3.8) is 0 Å². The van der Waals surface area contributed by atoms with E-state index in [4.69, 9.17) is 0 Å². The van der Waals surface area contributed by atoms with E-state index in [9.17, 15) is 9.18 Å². The van der Waals surface area contributed by atoms with Gasteiger partial charge in [-0.3, -0.25) is 4.79 Å². The van der Waals surface area contributed by atoms with Crippen LogP contribution >= 0.6 is 0 Å². The van der Waals surface area contributed by atoms with E-state index in [-0.39, 0.29) is 11.5 Å². The molecule has 16 heavy (non-hydrogen) atoms. The molecule has 1 aliphatic rings. The van der Waals surface area contributed by atoms with Gasteiger partial charge in [-0.15, -0.1) is 0 Å². The van der Waals surface area contributed by atoms with E-state index in [1.807, 2.05) is 6.92 Å². The minimum Gasteiger partial charge on any atom is -0.267 e. The molecule has 3 nitrogen and oxygen atoms in total. The Kier molecular flexibility index (Phi) is 2.99. The summed E-state index contributed by atoms with van der Waals surface area (Å²) >= 11 is 0. The van der Waals surface area contributed by atoms with Gasteiger partial charge in [-0.1, -0.05) is 6.07 Å². The lowest BCUT2D eigenvalue weighted by atomic mass is 10.2. The van der Waals surface area contributed by atoms with Gasteiger partial charge >= 0.3 is 0 Å². The second-order valence-corrected chi connectivity index (χ2v) is 3.98. The van der Waals surface area contributed by atoms with Crippen molar-refractivity contribution in [2.45, 2.75) is 19.8 Å². The third-order valence-electron chi connectivity index (χ3n) is 2.59. The fourth-order valence-electron chi connectivity index (χ4n) is 1.43. The van der Waals surface area contributed by atoms with Crippen LogP contribution in [0.1, 0.15) is 30.1 Å². The van der Waals surface area contributed by atoms with E-state index in [0.29, 0.717) is 5.92 Å². The van der Waals surface area contributed by atoms with Gasteiger partial charge in [0.1, 0.15) is 5.82 Å². The molecule has 0 atom stereocenters. The predicted octanol–water partition coefficient (Wildman–Crippen LogP) is 2.34. The third-order valence-corrected chi connectivity index (χ3v) is 2.59. The van der Waals surface area contributed by atoms with Gasteiger partial charge in [-0.05, 0) is 43.9 Å². The lowest BCUT2D eigenvalue weighted by Crippen LogP contribution is -2.19. The van der Waals surface area contributed by atoms with Gasteiger partial charge in [-0.2, -0.15) is 5.10 Å². The molecule has 0 radical (unpaired) electrons. The molecule has 1 amide bonds. The highest BCUT2D eigenvalue weighted by Crippen LogP contribution is 2.30. The molecule has 1 N–H and O–H groups in total. The highest BCUT2D eigenvalue weighted by molar-refractivity contribution is 5.95. The van der Waals surface area contributed by atoms with Crippen LogP contribution in [-0.2, 0) is 0 Å². The number of hydrogen-bond donors (Lipinski definition) is 1. The molecule has 0 unspecified atom stereocenters. The number of carbonyl (C=O) groups is 1. The zero-order valence-electron chi connectivity index (χ0n) is 9.03. The summed E-state index contributed by atoms with van der Waals surface area (Å²) in [5.74, 6) is -0.275. The Morgan fingerprint density at radius 2 is 2.25 bits per heavy atom. The van der Waals surface area contributed by atoms with Gasteiger partial charge in [0.15, 0.2) is 0 Å². The van der Waals surface area contributed by atoms with Crippen molar-refractivity contribution in [3.05, 3.63) is 35.6 Å². The molecule has 0 aromatic heterocycles. The molecule has 1 saturated carbocycles. The first-order valence-corrected chi connectivity index (χ1v) is 5.27. The molecule has 0 saturated heterocycles.